The van der Waals surface area contributed by atoms with Gasteiger partial charge in [0.05, 0.1) is 0 Å². The summed E-state index contributed by atoms with van der Waals surface area (Å²) in [5, 5.41) is 0. The van der Waals surface area contributed by atoms with Crippen LogP contribution in [0.1, 0.15) is 75.7 Å². The molecule has 1 atom stereocenters. The van der Waals surface area contributed by atoms with E-state index in [1.165, 1.54) is 11.7 Å². The minimum absolute atomic E-state index is 0.121. The van der Waals surface area contributed by atoms with Gasteiger partial charge >= 0.3 is 0 Å². The average Bonchev–Trinajstić information content (AvgIpc) is 3.27. The molecule has 8 bridgehead atoms. The maximum atomic E-state index is 2.66. The fourth-order valence-corrected chi connectivity index (χ4v) is 15.6. The molecule has 1 heteroatoms. The van der Waals surface area contributed by atoms with Crippen molar-refractivity contribution in [1.82, 2.24) is 0 Å². The van der Waals surface area contributed by atoms with Gasteiger partial charge in [0.1, 0.15) is 0 Å². The lowest BCUT2D eigenvalue weighted by molar-refractivity contribution is 0.0131. The van der Waals surface area contributed by atoms with Gasteiger partial charge in [-0.2, -0.15) is 0 Å². The van der Waals surface area contributed by atoms with Crippen molar-refractivity contribution in [2.45, 2.75) is 81.4 Å². The van der Waals surface area contributed by atoms with Crippen molar-refractivity contribution in [3.8, 4) is 0 Å². The van der Waals surface area contributed by atoms with Gasteiger partial charge in [0, 0.05) is 5.92 Å². The molecular formula is C32H41P. The molecule has 0 heterocycles. The van der Waals surface area contributed by atoms with Crippen molar-refractivity contribution in [2.75, 3.05) is 6.16 Å². The molecule has 0 aromatic heterocycles. The van der Waals surface area contributed by atoms with E-state index in [0.717, 1.165) is 58.7 Å². The van der Waals surface area contributed by atoms with Gasteiger partial charge in [-0.1, -0.05) is 56.5 Å². The van der Waals surface area contributed by atoms with Crippen LogP contribution in [0.3, 0.4) is 0 Å². The van der Waals surface area contributed by atoms with Crippen LogP contribution in [-0.2, 0) is 0 Å². The zero-order chi connectivity index (χ0) is 21.5. The van der Waals surface area contributed by atoms with E-state index >= 15 is 0 Å². The van der Waals surface area contributed by atoms with Crippen LogP contribution >= 0.6 is 7.92 Å². The Morgan fingerprint density at radius 1 is 0.606 bits per heavy atom. The van der Waals surface area contributed by atoms with Crippen molar-refractivity contribution >= 4 is 7.92 Å². The summed E-state index contributed by atoms with van der Waals surface area (Å²) < 4.78 is 0. The van der Waals surface area contributed by atoms with E-state index in [2.05, 4.69) is 48.6 Å². The third kappa shape index (κ3) is 3.40. The van der Waals surface area contributed by atoms with E-state index < -0.39 is 0 Å². The van der Waals surface area contributed by atoms with Crippen molar-refractivity contribution in [1.29, 1.82) is 0 Å². The normalized spacial score (nSPS) is 49.6. The molecule has 174 valence electrons. The highest BCUT2D eigenvalue weighted by Gasteiger charge is 2.56. The molecule has 9 aliphatic carbocycles. The Hall–Kier alpha value is -0.870. The average molecular weight is 457 g/mol. The molecular weight excluding hydrogens is 415 g/mol. The van der Waals surface area contributed by atoms with Crippen molar-refractivity contribution in [2.24, 2.45) is 47.3 Å². The Labute approximate surface area is 202 Å². The second-order valence-corrected chi connectivity index (χ2v) is 16.1. The predicted octanol–water partition coefficient (Wildman–Crippen LogP) is 8.40. The topological polar surface area (TPSA) is 0 Å². The molecule has 8 fully saturated rings. The number of benzene rings is 1. The van der Waals surface area contributed by atoms with Crippen LogP contribution in [0, 0.1) is 47.3 Å². The van der Waals surface area contributed by atoms with Gasteiger partial charge < -0.3 is 0 Å². The number of hydrogen-bond donors (Lipinski definition) is 0. The van der Waals surface area contributed by atoms with Crippen LogP contribution in [0.4, 0.5) is 0 Å². The van der Waals surface area contributed by atoms with Crippen LogP contribution in [0.2, 0.25) is 0 Å². The largest absolute Gasteiger partial charge is 0.0947 e. The highest BCUT2D eigenvalue weighted by atomic mass is 31.1. The molecule has 0 saturated heterocycles. The van der Waals surface area contributed by atoms with Gasteiger partial charge in [-0.25, -0.2) is 0 Å². The van der Waals surface area contributed by atoms with Crippen molar-refractivity contribution in [3.05, 3.63) is 59.7 Å². The van der Waals surface area contributed by atoms with Gasteiger partial charge in [-0.15, -0.1) is 0 Å². The second-order valence-electron chi connectivity index (χ2n) is 13.6. The van der Waals surface area contributed by atoms with Gasteiger partial charge in [0.25, 0.3) is 0 Å². The van der Waals surface area contributed by atoms with E-state index in [1.54, 1.807) is 69.8 Å². The molecule has 1 unspecified atom stereocenters. The van der Waals surface area contributed by atoms with Crippen LogP contribution < -0.4 is 0 Å². The molecule has 1 aromatic carbocycles. The first-order valence-corrected chi connectivity index (χ1v) is 16.1. The summed E-state index contributed by atoms with van der Waals surface area (Å²) in [6.45, 7) is 0. The Morgan fingerprint density at radius 3 is 1.58 bits per heavy atom. The lowest BCUT2D eigenvalue weighted by Crippen LogP contribution is -2.53. The van der Waals surface area contributed by atoms with Gasteiger partial charge in [-0.3, -0.25) is 0 Å². The monoisotopic (exact) mass is 456 g/mol. The van der Waals surface area contributed by atoms with Crippen LogP contribution in [0.5, 0.6) is 0 Å². The van der Waals surface area contributed by atoms with Crippen molar-refractivity contribution in [3.63, 3.8) is 0 Å². The fraction of sp³-hybridized carbons (Fsp3) is 0.688. The minimum Gasteiger partial charge on any atom is -0.0947 e. The molecule has 10 rings (SSSR count). The lowest BCUT2D eigenvalue weighted by atomic mass is 9.55. The summed E-state index contributed by atoms with van der Waals surface area (Å²) >= 11 is 0. The molecule has 0 aliphatic heterocycles. The summed E-state index contributed by atoms with van der Waals surface area (Å²) in [4.78, 5) is 0. The van der Waals surface area contributed by atoms with Crippen molar-refractivity contribution < 1.29 is 0 Å². The zero-order valence-corrected chi connectivity index (χ0v) is 21.1. The molecule has 0 radical (unpaired) electrons. The molecule has 9 aliphatic rings. The van der Waals surface area contributed by atoms with E-state index in [4.69, 9.17) is 0 Å². The third-order valence-electron chi connectivity index (χ3n) is 11.6. The van der Waals surface area contributed by atoms with Gasteiger partial charge in [-0.05, 0) is 140 Å². The van der Waals surface area contributed by atoms with Crippen LogP contribution in [0.25, 0.3) is 0 Å². The smallest absolute Gasteiger partial charge is 0.0207 e. The second kappa shape index (κ2) is 7.82. The molecule has 0 nitrogen and oxygen atoms in total. The van der Waals surface area contributed by atoms with Gasteiger partial charge in [0.2, 0.25) is 0 Å². The first-order valence-electron chi connectivity index (χ1n) is 14.5. The molecule has 33 heavy (non-hydrogen) atoms. The Bertz CT molecular complexity index is 858. The zero-order valence-electron chi connectivity index (χ0n) is 20.2. The van der Waals surface area contributed by atoms with Crippen LogP contribution in [-0.4, -0.2) is 17.5 Å². The number of allylic oxidation sites excluding steroid dienone is 4. The maximum absolute atomic E-state index is 2.66. The highest BCUT2D eigenvalue weighted by molar-refractivity contribution is 7.59. The van der Waals surface area contributed by atoms with Gasteiger partial charge in [0.15, 0.2) is 0 Å². The molecule has 0 spiro atoms. The molecule has 0 amide bonds. The summed E-state index contributed by atoms with van der Waals surface area (Å²) in [5.41, 5.74) is 5.45. The molecule has 0 N–H and O–H groups in total. The Kier molecular flexibility index (Phi) is 4.82. The summed E-state index contributed by atoms with van der Waals surface area (Å²) in [5.74, 6) is 9.44. The molecule has 1 aromatic rings. The van der Waals surface area contributed by atoms with E-state index in [-0.39, 0.29) is 7.92 Å². The first-order chi connectivity index (χ1) is 16.3. The highest BCUT2D eigenvalue weighted by Crippen LogP contribution is 2.71. The van der Waals surface area contributed by atoms with E-state index in [9.17, 15) is 0 Å². The van der Waals surface area contributed by atoms with E-state index in [1.807, 2.05) is 0 Å². The van der Waals surface area contributed by atoms with Crippen LogP contribution in [0.15, 0.2) is 54.1 Å². The summed E-state index contributed by atoms with van der Waals surface area (Å²) in [6.07, 6.45) is 25.3. The SMILES string of the molecule is C1=CC(c2ccccc2)C=C1CP(C1C2CC3CC(C2)CC1C3)C1C2CC3CC(C2)CC1C3. The summed E-state index contributed by atoms with van der Waals surface area (Å²) in [7, 11) is 0.121. The minimum atomic E-state index is 0.121. The Balaban J connectivity index is 1.12. The predicted molar refractivity (Wildman–Crippen MR) is 140 cm³/mol. The maximum Gasteiger partial charge on any atom is 0.0207 e. The lowest BCUT2D eigenvalue weighted by Gasteiger charge is -2.62. The first kappa shape index (κ1) is 20.3. The number of rotatable bonds is 5. The third-order valence-corrected chi connectivity index (χ3v) is 15.5. The summed E-state index contributed by atoms with van der Waals surface area (Å²) in [6, 6.07) is 11.2. The number of hydrogen-bond acceptors (Lipinski definition) is 0. The van der Waals surface area contributed by atoms with E-state index in [0.29, 0.717) is 5.92 Å². The fourth-order valence-electron chi connectivity index (χ4n) is 11.1. The quantitative estimate of drug-likeness (QED) is 0.390. The Morgan fingerprint density at radius 2 is 1.09 bits per heavy atom. The standard InChI is InChI=1S/C32H41P/c1-2-4-25(5-3-1)26-7-6-20(10-26)19-33(31-27-11-21-8-22(13-27)14-28(31)12-21)32-29-15-23-9-24(17-29)18-30(32)16-23/h1-7,10,21-24,26-32H,8-9,11-19H2. The molecule has 8 saturated carbocycles.